The van der Waals surface area contributed by atoms with Gasteiger partial charge >= 0.3 is 11.9 Å². The second kappa shape index (κ2) is 9.87. The maximum Gasteiger partial charge on any atom is 0.329 e. The molecule has 0 saturated heterocycles. The Bertz CT molecular complexity index is 838. The molecular formula is C23H27NO5. The lowest BCUT2D eigenvalue weighted by Crippen LogP contribution is -2.44. The van der Waals surface area contributed by atoms with Gasteiger partial charge in [-0.05, 0) is 50.5 Å². The van der Waals surface area contributed by atoms with Crippen molar-refractivity contribution in [2.24, 2.45) is 0 Å². The molecular weight excluding hydrogens is 370 g/mol. The second-order valence-corrected chi connectivity index (χ2v) is 7.62. The zero-order chi connectivity index (χ0) is 21.4. The van der Waals surface area contributed by atoms with E-state index in [2.05, 4.69) is 10.1 Å². The predicted molar refractivity (Wildman–Crippen MR) is 110 cm³/mol. The van der Waals surface area contributed by atoms with E-state index >= 15 is 0 Å². The molecule has 2 aromatic rings. The minimum atomic E-state index is -0.949. The standard InChI is InChI=1S/C23H27NO5/c1-23(2,3)29-22(27)19(14-15-20(25)28-4)24-21(26)18-12-10-17(11-13-18)16-8-6-5-7-9-16/h5-13,19H,14-15H2,1-4H3,(H,24,26)/t19-/m0/s1. The summed E-state index contributed by atoms with van der Waals surface area (Å²) < 4.78 is 10.00. The quantitative estimate of drug-likeness (QED) is 0.720. The molecule has 6 heteroatoms. The van der Waals surface area contributed by atoms with Crippen LogP contribution >= 0.6 is 0 Å². The van der Waals surface area contributed by atoms with E-state index in [0.717, 1.165) is 11.1 Å². The third-order valence-corrected chi connectivity index (χ3v) is 4.12. The van der Waals surface area contributed by atoms with Gasteiger partial charge in [-0.25, -0.2) is 4.79 Å². The fourth-order valence-corrected chi connectivity index (χ4v) is 2.67. The van der Waals surface area contributed by atoms with E-state index in [0.29, 0.717) is 5.56 Å². The van der Waals surface area contributed by atoms with Crippen molar-refractivity contribution in [1.82, 2.24) is 5.32 Å². The SMILES string of the molecule is COC(=O)CC[C@H](NC(=O)c1ccc(-c2ccccc2)cc1)C(=O)OC(C)(C)C. The molecule has 0 fully saturated rings. The summed E-state index contributed by atoms with van der Waals surface area (Å²) in [5.74, 6) is -1.46. The normalized spacial score (nSPS) is 12.0. The molecule has 0 aliphatic heterocycles. The number of nitrogens with one attached hydrogen (secondary N) is 1. The van der Waals surface area contributed by atoms with Crippen LogP contribution < -0.4 is 5.32 Å². The molecule has 2 rings (SSSR count). The Balaban J connectivity index is 2.11. The number of methoxy groups -OCH3 is 1. The van der Waals surface area contributed by atoms with Crippen molar-refractivity contribution < 1.29 is 23.9 Å². The predicted octanol–water partition coefficient (Wildman–Crippen LogP) is 3.75. The van der Waals surface area contributed by atoms with Crippen LogP contribution in [0.1, 0.15) is 44.0 Å². The Hall–Kier alpha value is -3.15. The lowest BCUT2D eigenvalue weighted by atomic mass is 10.0. The van der Waals surface area contributed by atoms with Crippen molar-refractivity contribution in [1.29, 1.82) is 0 Å². The molecule has 0 unspecified atom stereocenters. The Morgan fingerprint density at radius 1 is 0.931 bits per heavy atom. The molecule has 0 radical (unpaired) electrons. The van der Waals surface area contributed by atoms with Gasteiger partial charge in [-0.1, -0.05) is 42.5 Å². The van der Waals surface area contributed by atoms with E-state index in [4.69, 9.17) is 4.74 Å². The highest BCUT2D eigenvalue weighted by Gasteiger charge is 2.27. The maximum atomic E-state index is 12.7. The molecule has 0 aliphatic rings. The third-order valence-electron chi connectivity index (χ3n) is 4.12. The number of benzene rings is 2. The van der Waals surface area contributed by atoms with Crippen LogP contribution in [0.5, 0.6) is 0 Å². The molecule has 0 heterocycles. The van der Waals surface area contributed by atoms with Crippen LogP contribution in [-0.2, 0) is 19.1 Å². The van der Waals surface area contributed by atoms with Gasteiger partial charge in [0.25, 0.3) is 5.91 Å². The zero-order valence-corrected chi connectivity index (χ0v) is 17.2. The minimum absolute atomic E-state index is 0.00631. The summed E-state index contributed by atoms with van der Waals surface area (Å²) >= 11 is 0. The molecule has 1 N–H and O–H groups in total. The fraction of sp³-hybridized carbons (Fsp3) is 0.348. The van der Waals surface area contributed by atoms with Gasteiger partial charge < -0.3 is 14.8 Å². The monoisotopic (exact) mass is 397 g/mol. The Labute approximate surface area is 171 Å². The number of ether oxygens (including phenoxy) is 2. The summed E-state index contributed by atoms with van der Waals surface area (Å²) in [5, 5.41) is 2.67. The maximum absolute atomic E-state index is 12.7. The van der Waals surface area contributed by atoms with Gasteiger partial charge in [0.05, 0.1) is 7.11 Å². The minimum Gasteiger partial charge on any atom is -0.469 e. The van der Waals surface area contributed by atoms with Crippen LogP contribution in [0.4, 0.5) is 0 Å². The number of carbonyl (C=O) groups is 3. The van der Waals surface area contributed by atoms with Crippen LogP contribution in [0.25, 0.3) is 11.1 Å². The van der Waals surface area contributed by atoms with Crippen LogP contribution in [0.3, 0.4) is 0 Å². The van der Waals surface area contributed by atoms with Crippen molar-refractivity contribution in [3.05, 3.63) is 60.2 Å². The molecule has 0 saturated carbocycles. The fourth-order valence-electron chi connectivity index (χ4n) is 2.67. The summed E-state index contributed by atoms with van der Waals surface area (Å²) in [7, 11) is 1.28. The number of hydrogen-bond acceptors (Lipinski definition) is 5. The second-order valence-electron chi connectivity index (χ2n) is 7.62. The topological polar surface area (TPSA) is 81.7 Å². The summed E-state index contributed by atoms with van der Waals surface area (Å²) in [4.78, 5) is 36.6. The highest BCUT2D eigenvalue weighted by atomic mass is 16.6. The summed E-state index contributed by atoms with van der Waals surface area (Å²) in [6, 6.07) is 16.0. The Morgan fingerprint density at radius 2 is 1.52 bits per heavy atom. The van der Waals surface area contributed by atoms with E-state index < -0.39 is 29.5 Å². The van der Waals surface area contributed by atoms with Crippen LogP contribution in [0.15, 0.2) is 54.6 Å². The molecule has 154 valence electrons. The summed E-state index contributed by atoms with van der Waals surface area (Å²) in [6.45, 7) is 5.23. The number of esters is 2. The van der Waals surface area contributed by atoms with Crippen molar-refractivity contribution in [2.75, 3.05) is 7.11 Å². The van der Waals surface area contributed by atoms with Gasteiger partial charge in [-0.3, -0.25) is 9.59 Å². The highest BCUT2D eigenvalue weighted by molar-refractivity contribution is 5.97. The largest absolute Gasteiger partial charge is 0.469 e. The first-order chi connectivity index (χ1) is 13.7. The number of hydrogen-bond donors (Lipinski definition) is 1. The highest BCUT2D eigenvalue weighted by Crippen LogP contribution is 2.19. The summed E-state index contributed by atoms with van der Waals surface area (Å²) in [6.07, 6.45) is 0.0864. The molecule has 0 spiro atoms. The number of amides is 1. The molecule has 6 nitrogen and oxygen atoms in total. The Kier molecular flexibility index (Phi) is 7.53. The van der Waals surface area contributed by atoms with Gasteiger partial charge in [0.1, 0.15) is 11.6 Å². The van der Waals surface area contributed by atoms with Gasteiger partial charge in [0, 0.05) is 12.0 Å². The van der Waals surface area contributed by atoms with E-state index in [-0.39, 0.29) is 12.8 Å². The van der Waals surface area contributed by atoms with Crippen molar-refractivity contribution in [3.8, 4) is 11.1 Å². The molecule has 1 amide bonds. The van der Waals surface area contributed by atoms with Crippen LogP contribution in [0, 0.1) is 0 Å². The molecule has 1 atom stereocenters. The number of rotatable bonds is 7. The Morgan fingerprint density at radius 3 is 2.07 bits per heavy atom. The number of carbonyl (C=O) groups excluding carboxylic acids is 3. The van der Waals surface area contributed by atoms with E-state index in [1.54, 1.807) is 32.9 Å². The molecule has 0 aliphatic carbocycles. The molecule has 0 bridgehead atoms. The lowest BCUT2D eigenvalue weighted by Gasteiger charge is -2.24. The first kappa shape index (κ1) is 22.1. The van der Waals surface area contributed by atoms with Crippen molar-refractivity contribution >= 4 is 17.8 Å². The smallest absolute Gasteiger partial charge is 0.329 e. The lowest BCUT2D eigenvalue weighted by molar-refractivity contribution is -0.157. The van der Waals surface area contributed by atoms with E-state index in [1.807, 2.05) is 42.5 Å². The molecule has 2 aromatic carbocycles. The summed E-state index contributed by atoms with van der Waals surface area (Å²) in [5.41, 5.74) is 1.74. The molecule has 29 heavy (non-hydrogen) atoms. The van der Waals surface area contributed by atoms with Gasteiger partial charge in [0.2, 0.25) is 0 Å². The van der Waals surface area contributed by atoms with Gasteiger partial charge in [0.15, 0.2) is 0 Å². The van der Waals surface area contributed by atoms with Crippen LogP contribution in [-0.4, -0.2) is 36.6 Å². The van der Waals surface area contributed by atoms with E-state index in [9.17, 15) is 14.4 Å². The van der Waals surface area contributed by atoms with Crippen molar-refractivity contribution in [2.45, 2.75) is 45.3 Å². The third kappa shape index (κ3) is 7.07. The first-order valence-corrected chi connectivity index (χ1v) is 9.45. The van der Waals surface area contributed by atoms with Crippen LogP contribution in [0.2, 0.25) is 0 Å². The average Bonchev–Trinajstić information content (AvgIpc) is 2.70. The molecule has 0 aromatic heterocycles. The van der Waals surface area contributed by atoms with E-state index in [1.165, 1.54) is 7.11 Å². The van der Waals surface area contributed by atoms with Gasteiger partial charge in [-0.2, -0.15) is 0 Å². The zero-order valence-electron chi connectivity index (χ0n) is 17.2. The average molecular weight is 397 g/mol. The first-order valence-electron chi connectivity index (χ1n) is 9.45. The van der Waals surface area contributed by atoms with Gasteiger partial charge in [-0.15, -0.1) is 0 Å². The van der Waals surface area contributed by atoms with Crippen molar-refractivity contribution in [3.63, 3.8) is 0 Å².